The van der Waals surface area contributed by atoms with E-state index in [1.165, 1.54) is 11.3 Å². The third kappa shape index (κ3) is 6.24. The van der Waals surface area contributed by atoms with Gasteiger partial charge >= 0.3 is 0 Å². The van der Waals surface area contributed by atoms with Crippen molar-refractivity contribution in [2.75, 3.05) is 13.7 Å². The SMILES string of the molecule is CC(C)CC(C)N(C)Cc1cc(C#CCCO)cs1. The van der Waals surface area contributed by atoms with Gasteiger partial charge < -0.3 is 5.11 Å². The molecule has 0 spiro atoms. The molecule has 0 saturated heterocycles. The average molecular weight is 279 g/mol. The van der Waals surface area contributed by atoms with Crippen LogP contribution in [0.3, 0.4) is 0 Å². The van der Waals surface area contributed by atoms with Crippen LogP contribution in [0.15, 0.2) is 11.4 Å². The summed E-state index contributed by atoms with van der Waals surface area (Å²) < 4.78 is 0. The third-order valence-corrected chi connectivity index (χ3v) is 4.01. The molecular formula is C16H25NOS. The Morgan fingerprint density at radius 2 is 2.11 bits per heavy atom. The number of hydrogen-bond acceptors (Lipinski definition) is 3. The van der Waals surface area contributed by atoms with Crippen LogP contribution in [0.2, 0.25) is 0 Å². The lowest BCUT2D eigenvalue weighted by Crippen LogP contribution is -2.29. The minimum absolute atomic E-state index is 0.138. The summed E-state index contributed by atoms with van der Waals surface area (Å²) in [6.07, 6.45) is 1.78. The van der Waals surface area contributed by atoms with Crippen molar-refractivity contribution < 1.29 is 5.11 Å². The summed E-state index contributed by atoms with van der Waals surface area (Å²) in [5, 5.41) is 10.8. The molecule has 1 aromatic rings. The summed E-state index contributed by atoms with van der Waals surface area (Å²) in [5.74, 6) is 6.78. The summed E-state index contributed by atoms with van der Waals surface area (Å²) in [5.41, 5.74) is 1.07. The van der Waals surface area contributed by atoms with Crippen LogP contribution in [-0.2, 0) is 6.54 Å². The molecule has 1 rings (SSSR count). The van der Waals surface area contributed by atoms with Gasteiger partial charge in [-0.15, -0.1) is 11.3 Å². The molecule has 106 valence electrons. The third-order valence-electron chi connectivity index (χ3n) is 3.09. The van der Waals surface area contributed by atoms with Gasteiger partial charge in [-0.3, -0.25) is 4.90 Å². The van der Waals surface area contributed by atoms with E-state index < -0.39 is 0 Å². The number of hydrogen-bond donors (Lipinski definition) is 1. The van der Waals surface area contributed by atoms with Crippen molar-refractivity contribution >= 4 is 11.3 Å². The van der Waals surface area contributed by atoms with Crippen LogP contribution in [0, 0.1) is 17.8 Å². The predicted octanol–water partition coefficient (Wildman–Crippen LogP) is 3.35. The second-order valence-electron chi connectivity index (χ2n) is 5.47. The minimum atomic E-state index is 0.138. The van der Waals surface area contributed by atoms with Gasteiger partial charge in [-0.2, -0.15) is 0 Å². The first-order valence-electron chi connectivity index (χ1n) is 6.90. The molecule has 0 aliphatic rings. The van der Waals surface area contributed by atoms with Crippen molar-refractivity contribution in [1.29, 1.82) is 0 Å². The zero-order valence-electron chi connectivity index (χ0n) is 12.4. The lowest BCUT2D eigenvalue weighted by molar-refractivity contribution is 0.222. The van der Waals surface area contributed by atoms with E-state index in [9.17, 15) is 0 Å². The molecule has 2 nitrogen and oxygen atoms in total. The Balaban J connectivity index is 2.51. The maximum Gasteiger partial charge on any atom is 0.0540 e. The molecule has 1 heterocycles. The molecule has 0 aliphatic heterocycles. The average Bonchev–Trinajstić information content (AvgIpc) is 2.76. The molecule has 0 aromatic carbocycles. The quantitative estimate of drug-likeness (QED) is 0.807. The molecule has 0 bridgehead atoms. The lowest BCUT2D eigenvalue weighted by atomic mass is 10.0. The standard InChI is InChI=1S/C16H25NOS/c1-13(2)9-14(3)17(4)11-16-10-15(12-19-16)7-5-6-8-18/h10,12-14,18H,6,8-9,11H2,1-4H3. The van der Waals surface area contributed by atoms with E-state index in [0.29, 0.717) is 12.5 Å². The summed E-state index contributed by atoms with van der Waals surface area (Å²) in [6, 6.07) is 2.76. The van der Waals surface area contributed by atoms with Crippen LogP contribution in [0.4, 0.5) is 0 Å². The first kappa shape index (κ1) is 16.2. The highest BCUT2D eigenvalue weighted by Crippen LogP contribution is 2.18. The van der Waals surface area contributed by atoms with Crippen molar-refractivity contribution in [3.05, 3.63) is 21.9 Å². The smallest absolute Gasteiger partial charge is 0.0540 e. The van der Waals surface area contributed by atoms with Crippen LogP contribution in [-0.4, -0.2) is 29.7 Å². The second kappa shape index (κ2) is 8.37. The Morgan fingerprint density at radius 3 is 2.74 bits per heavy atom. The monoisotopic (exact) mass is 279 g/mol. The van der Waals surface area contributed by atoms with Crippen molar-refractivity contribution in [1.82, 2.24) is 4.90 Å². The lowest BCUT2D eigenvalue weighted by Gasteiger charge is -2.25. The Hall–Kier alpha value is -0.820. The van der Waals surface area contributed by atoms with Gasteiger partial charge in [0, 0.05) is 34.8 Å². The highest BCUT2D eigenvalue weighted by molar-refractivity contribution is 7.10. The van der Waals surface area contributed by atoms with E-state index in [1.807, 2.05) is 0 Å². The van der Waals surface area contributed by atoms with Crippen LogP contribution >= 0.6 is 11.3 Å². The van der Waals surface area contributed by atoms with Crippen molar-refractivity contribution in [2.45, 2.75) is 46.2 Å². The van der Waals surface area contributed by atoms with Gasteiger partial charge in [-0.25, -0.2) is 0 Å². The number of rotatable bonds is 6. The molecule has 0 amide bonds. The van der Waals surface area contributed by atoms with Crippen LogP contribution in [0.5, 0.6) is 0 Å². The number of nitrogens with zero attached hydrogens (tertiary/aromatic N) is 1. The van der Waals surface area contributed by atoms with Crippen molar-refractivity contribution in [3.63, 3.8) is 0 Å². The molecule has 0 radical (unpaired) electrons. The molecule has 1 N–H and O–H groups in total. The van der Waals surface area contributed by atoms with Gasteiger partial charge in [0.15, 0.2) is 0 Å². The van der Waals surface area contributed by atoms with Gasteiger partial charge in [0.1, 0.15) is 0 Å². The largest absolute Gasteiger partial charge is 0.395 e. The fourth-order valence-corrected chi connectivity index (χ4v) is 2.89. The van der Waals surface area contributed by atoms with Crippen LogP contribution < -0.4 is 0 Å². The Labute approximate surface area is 121 Å². The topological polar surface area (TPSA) is 23.5 Å². The molecule has 1 unspecified atom stereocenters. The summed E-state index contributed by atoms with van der Waals surface area (Å²) in [7, 11) is 2.18. The van der Waals surface area contributed by atoms with E-state index >= 15 is 0 Å². The normalized spacial score (nSPS) is 12.6. The predicted molar refractivity (Wildman–Crippen MR) is 83.3 cm³/mol. The highest BCUT2D eigenvalue weighted by atomic mass is 32.1. The molecule has 0 saturated carbocycles. The van der Waals surface area contributed by atoms with E-state index in [1.54, 1.807) is 11.3 Å². The highest BCUT2D eigenvalue weighted by Gasteiger charge is 2.12. The maximum atomic E-state index is 8.69. The molecule has 0 fully saturated rings. The summed E-state index contributed by atoms with van der Waals surface area (Å²) in [6.45, 7) is 7.95. The van der Waals surface area contributed by atoms with Gasteiger partial charge in [0.05, 0.1) is 6.61 Å². The Kier molecular flexibility index (Phi) is 7.15. The van der Waals surface area contributed by atoms with E-state index in [2.05, 4.69) is 56.0 Å². The molecule has 19 heavy (non-hydrogen) atoms. The molecular weight excluding hydrogens is 254 g/mol. The zero-order valence-corrected chi connectivity index (χ0v) is 13.3. The van der Waals surface area contributed by atoms with Gasteiger partial charge in [0.25, 0.3) is 0 Å². The number of thiophene rings is 1. The zero-order chi connectivity index (χ0) is 14.3. The Morgan fingerprint density at radius 1 is 1.37 bits per heavy atom. The van der Waals surface area contributed by atoms with E-state index in [4.69, 9.17) is 5.11 Å². The van der Waals surface area contributed by atoms with Gasteiger partial charge in [-0.05, 0) is 32.4 Å². The van der Waals surface area contributed by atoms with Gasteiger partial charge in [-0.1, -0.05) is 25.7 Å². The van der Waals surface area contributed by atoms with Gasteiger partial charge in [0.2, 0.25) is 0 Å². The maximum absolute atomic E-state index is 8.69. The summed E-state index contributed by atoms with van der Waals surface area (Å²) >= 11 is 1.77. The Bertz CT molecular complexity index is 427. The number of aliphatic hydroxyl groups excluding tert-OH is 1. The fraction of sp³-hybridized carbons (Fsp3) is 0.625. The van der Waals surface area contributed by atoms with E-state index in [0.717, 1.165) is 18.0 Å². The first-order valence-corrected chi connectivity index (χ1v) is 7.78. The van der Waals surface area contributed by atoms with Crippen molar-refractivity contribution in [3.8, 4) is 11.8 Å². The molecule has 3 heteroatoms. The number of aliphatic hydroxyl groups is 1. The molecule has 1 aromatic heterocycles. The fourth-order valence-electron chi connectivity index (χ4n) is 2.01. The minimum Gasteiger partial charge on any atom is -0.395 e. The van der Waals surface area contributed by atoms with Crippen LogP contribution in [0.1, 0.15) is 44.1 Å². The second-order valence-corrected chi connectivity index (χ2v) is 6.47. The summed E-state index contributed by atoms with van der Waals surface area (Å²) in [4.78, 5) is 3.75. The van der Waals surface area contributed by atoms with Crippen molar-refractivity contribution in [2.24, 2.45) is 5.92 Å². The molecule has 0 aliphatic carbocycles. The molecule has 1 atom stereocenters. The first-order chi connectivity index (χ1) is 9.02. The van der Waals surface area contributed by atoms with Crippen LogP contribution in [0.25, 0.3) is 0 Å². The van der Waals surface area contributed by atoms with E-state index in [-0.39, 0.29) is 6.61 Å².